The van der Waals surface area contributed by atoms with Crippen LogP contribution in [0.15, 0.2) is 40.2 Å². The number of hydrogen-bond acceptors (Lipinski definition) is 2. The van der Waals surface area contributed by atoms with E-state index in [-0.39, 0.29) is 0 Å². The molecule has 0 unspecified atom stereocenters. The van der Waals surface area contributed by atoms with Crippen LogP contribution in [-0.4, -0.2) is 0 Å². The van der Waals surface area contributed by atoms with Crippen molar-refractivity contribution in [1.82, 2.24) is 0 Å². The van der Waals surface area contributed by atoms with Crippen LogP contribution in [0.2, 0.25) is 0 Å². The average molecular weight is 317 g/mol. The van der Waals surface area contributed by atoms with Crippen LogP contribution >= 0.6 is 38.9 Å². The summed E-state index contributed by atoms with van der Waals surface area (Å²) in [6, 6.07) is 10.2. The fraction of sp³-hybridized carbons (Fsp3) is 0.167. The van der Waals surface area contributed by atoms with Gasteiger partial charge >= 0.3 is 0 Å². The van der Waals surface area contributed by atoms with E-state index in [1.54, 1.807) is 11.3 Å². The summed E-state index contributed by atoms with van der Waals surface area (Å²) in [5.74, 6) is 0.539. The van der Waals surface area contributed by atoms with Gasteiger partial charge in [0.15, 0.2) is 0 Å². The van der Waals surface area contributed by atoms with Crippen molar-refractivity contribution >= 4 is 44.6 Å². The maximum Gasteiger partial charge on any atom is 0.0494 e. The molecule has 16 heavy (non-hydrogen) atoms. The second-order valence-electron chi connectivity index (χ2n) is 3.38. The van der Waals surface area contributed by atoms with Crippen LogP contribution in [0.3, 0.4) is 0 Å². The molecule has 0 radical (unpaired) electrons. The molecule has 0 atom stereocenters. The second kappa shape index (κ2) is 5.71. The normalized spacial score (nSPS) is 10.4. The van der Waals surface area contributed by atoms with E-state index in [0.717, 1.165) is 22.3 Å². The lowest BCUT2D eigenvalue weighted by Crippen LogP contribution is -1.99. The Kier molecular flexibility index (Phi) is 4.27. The minimum Gasteiger partial charge on any atom is -0.380 e. The molecule has 0 aliphatic carbocycles. The van der Waals surface area contributed by atoms with Crippen LogP contribution in [0.25, 0.3) is 0 Å². The van der Waals surface area contributed by atoms with Crippen molar-refractivity contribution in [1.29, 1.82) is 0 Å². The van der Waals surface area contributed by atoms with Crippen molar-refractivity contribution in [2.75, 3.05) is 5.32 Å². The molecule has 0 bridgehead atoms. The number of anilines is 1. The van der Waals surface area contributed by atoms with E-state index >= 15 is 0 Å². The fourth-order valence-corrected chi connectivity index (χ4v) is 3.06. The van der Waals surface area contributed by atoms with Crippen LogP contribution in [0.1, 0.15) is 10.4 Å². The lowest BCUT2D eigenvalue weighted by atomic mass is 10.2. The summed E-state index contributed by atoms with van der Waals surface area (Å²) in [6.45, 7) is 0.837. The van der Waals surface area contributed by atoms with Crippen molar-refractivity contribution < 1.29 is 0 Å². The van der Waals surface area contributed by atoms with Gasteiger partial charge in [-0.2, -0.15) is 0 Å². The molecule has 84 valence electrons. The first-order chi connectivity index (χ1) is 7.79. The highest BCUT2D eigenvalue weighted by atomic mass is 79.9. The highest BCUT2D eigenvalue weighted by molar-refractivity contribution is 9.10. The van der Waals surface area contributed by atoms with E-state index < -0.39 is 0 Å². The molecule has 1 N–H and O–H groups in total. The number of rotatable bonds is 4. The summed E-state index contributed by atoms with van der Waals surface area (Å²) >= 11 is 11.1. The number of nitrogens with one attached hydrogen (secondary N) is 1. The van der Waals surface area contributed by atoms with Crippen molar-refractivity contribution in [2.45, 2.75) is 12.4 Å². The Morgan fingerprint density at radius 1 is 1.31 bits per heavy atom. The minimum atomic E-state index is 0.539. The summed E-state index contributed by atoms with van der Waals surface area (Å²) in [5, 5.41) is 5.49. The molecule has 2 aromatic rings. The molecule has 4 heteroatoms. The molecule has 1 aromatic carbocycles. The predicted octanol–water partition coefficient (Wildman–Crippen LogP) is 4.86. The topological polar surface area (TPSA) is 12.0 Å². The summed E-state index contributed by atoms with van der Waals surface area (Å²) in [7, 11) is 0. The third-order valence-electron chi connectivity index (χ3n) is 2.24. The summed E-state index contributed by atoms with van der Waals surface area (Å²) in [4.78, 5) is 1.30. The van der Waals surface area contributed by atoms with Crippen LogP contribution in [0.5, 0.6) is 0 Å². The third-order valence-corrected chi connectivity index (χ3v) is 4.22. The van der Waals surface area contributed by atoms with Crippen LogP contribution in [0, 0.1) is 0 Å². The quantitative estimate of drug-likeness (QED) is 0.794. The zero-order valence-corrected chi connectivity index (χ0v) is 11.7. The summed E-state index contributed by atoms with van der Waals surface area (Å²) < 4.78 is 1.14. The van der Waals surface area contributed by atoms with E-state index in [4.69, 9.17) is 11.6 Å². The monoisotopic (exact) mass is 315 g/mol. The molecule has 0 saturated carbocycles. The van der Waals surface area contributed by atoms with Crippen molar-refractivity contribution in [3.05, 3.63) is 50.6 Å². The van der Waals surface area contributed by atoms with E-state index in [2.05, 4.69) is 38.8 Å². The first kappa shape index (κ1) is 12.0. The van der Waals surface area contributed by atoms with Crippen LogP contribution in [0.4, 0.5) is 5.69 Å². The molecular weight excluding hydrogens is 306 g/mol. The highest BCUT2D eigenvalue weighted by Gasteiger charge is 2.01. The number of alkyl halides is 1. The number of benzene rings is 1. The van der Waals surface area contributed by atoms with Crippen molar-refractivity contribution in [3.63, 3.8) is 0 Å². The largest absolute Gasteiger partial charge is 0.380 e. The zero-order valence-electron chi connectivity index (χ0n) is 8.54. The van der Waals surface area contributed by atoms with E-state index in [1.165, 1.54) is 4.88 Å². The van der Waals surface area contributed by atoms with E-state index in [9.17, 15) is 0 Å². The Morgan fingerprint density at radius 3 is 2.81 bits per heavy atom. The minimum absolute atomic E-state index is 0.539. The molecule has 0 aliphatic heterocycles. The SMILES string of the molecule is ClCc1ccccc1NCc1cc(Br)cs1. The predicted molar refractivity (Wildman–Crippen MR) is 75.3 cm³/mol. The smallest absolute Gasteiger partial charge is 0.0494 e. The van der Waals surface area contributed by atoms with E-state index in [0.29, 0.717) is 5.88 Å². The van der Waals surface area contributed by atoms with Gasteiger partial charge in [-0.3, -0.25) is 0 Å². The molecule has 1 nitrogen and oxygen atoms in total. The molecule has 0 fully saturated rings. The van der Waals surface area contributed by atoms with Crippen molar-refractivity contribution in [2.24, 2.45) is 0 Å². The number of halogens is 2. The molecule has 0 aliphatic rings. The maximum atomic E-state index is 5.87. The fourth-order valence-electron chi connectivity index (χ4n) is 1.44. The van der Waals surface area contributed by atoms with Crippen LogP contribution in [-0.2, 0) is 12.4 Å². The van der Waals surface area contributed by atoms with Gasteiger partial charge < -0.3 is 5.32 Å². The Balaban J connectivity index is 2.04. The molecule has 1 aromatic heterocycles. The van der Waals surface area contributed by atoms with Gasteiger partial charge in [-0.05, 0) is 33.6 Å². The Hall–Kier alpha value is -0.510. The molecule has 1 heterocycles. The third kappa shape index (κ3) is 3.00. The second-order valence-corrected chi connectivity index (χ2v) is 5.55. The Labute approximate surface area is 113 Å². The van der Waals surface area contributed by atoms with Crippen LogP contribution < -0.4 is 5.32 Å². The average Bonchev–Trinajstić information content (AvgIpc) is 2.73. The number of thiophene rings is 1. The Morgan fingerprint density at radius 2 is 2.12 bits per heavy atom. The zero-order chi connectivity index (χ0) is 11.4. The molecular formula is C12H11BrClNS. The lowest BCUT2D eigenvalue weighted by Gasteiger charge is -2.08. The number of hydrogen-bond donors (Lipinski definition) is 1. The highest BCUT2D eigenvalue weighted by Crippen LogP contribution is 2.22. The van der Waals surface area contributed by atoms with Gasteiger partial charge in [0, 0.05) is 32.8 Å². The Bertz CT molecular complexity index is 470. The molecule has 0 saturated heterocycles. The summed E-state index contributed by atoms with van der Waals surface area (Å²) in [6.07, 6.45) is 0. The molecule has 0 spiro atoms. The maximum absolute atomic E-state index is 5.87. The van der Waals surface area contributed by atoms with Crippen molar-refractivity contribution in [3.8, 4) is 0 Å². The van der Waals surface area contributed by atoms with Gasteiger partial charge in [-0.15, -0.1) is 22.9 Å². The van der Waals surface area contributed by atoms with Gasteiger partial charge in [0.1, 0.15) is 0 Å². The molecule has 2 rings (SSSR count). The van der Waals surface area contributed by atoms with Gasteiger partial charge in [0.05, 0.1) is 0 Å². The van der Waals surface area contributed by atoms with Gasteiger partial charge in [0.25, 0.3) is 0 Å². The van der Waals surface area contributed by atoms with Gasteiger partial charge in [-0.1, -0.05) is 18.2 Å². The first-order valence-corrected chi connectivity index (χ1v) is 7.11. The van der Waals surface area contributed by atoms with Gasteiger partial charge in [-0.25, -0.2) is 0 Å². The standard InChI is InChI=1S/C12H11BrClNS/c13-10-5-11(16-8-10)7-15-12-4-2-1-3-9(12)6-14/h1-5,8,15H,6-7H2. The molecule has 0 amide bonds. The first-order valence-electron chi connectivity index (χ1n) is 4.90. The number of para-hydroxylation sites is 1. The van der Waals surface area contributed by atoms with E-state index in [1.807, 2.05) is 18.2 Å². The summed E-state index contributed by atoms with van der Waals surface area (Å²) in [5.41, 5.74) is 2.25. The lowest BCUT2D eigenvalue weighted by molar-refractivity contribution is 1.17. The van der Waals surface area contributed by atoms with Gasteiger partial charge in [0.2, 0.25) is 0 Å².